The van der Waals surface area contributed by atoms with Crippen molar-refractivity contribution < 1.29 is 14.6 Å². The van der Waals surface area contributed by atoms with Crippen molar-refractivity contribution in [2.24, 2.45) is 7.05 Å². The Morgan fingerprint density at radius 3 is 2.95 bits per heavy atom. The average molecular weight is 279 g/mol. The second kappa shape index (κ2) is 5.85. The molecule has 1 N–H and O–H groups in total. The number of carbonyl (C=O) groups excluding carboxylic acids is 1. The van der Waals surface area contributed by atoms with Gasteiger partial charge in [-0.25, -0.2) is 14.8 Å². The van der Waals surface area contributed by atoms with E-state index in [9.17, 15) is 4.79 Å². The first kappa shape index (κ1) is 13.6. The summed E-state index contributed by atoms with van der Waals surface area (Å²) in [5.41, 5.74) is 1.08. The molecule has 0 spiro atoms. The molecule has 0 unspecified atom stereocenters. The lowest BCUT2D eigenvalue weighted by Gasteiger charge is -2.06. The highest BCUT2D eigenvalue weighted by Crippen LogP contribution is 2.28. The van der Waals surface area contributed by atoms with Crippen molar-refractivity contribution in [1.82, 2.24) is 14.5 Å². The summed E-state index contributed by atoms with van der Waals surface area (Å²) in [5.74, 6) is -0.438. The first-order chi connectivity index (χ1) is 9.17. The third kappa shape index (κ3) is 2.77. The summed E-state index contributed by atoms with van der Waals surface area (Å²) < 4.78 is 6.46. The first-order valence-electron chi connectivity index (χ1n) is 5.50. The van der Waals surface area contributed by atoms with Crippen LogP contribution in [0.5, 0.6) is 0 Å². The molecule has 2 aromatic rings. The number of esters is 1. The predicted molar refractivity (Wildman–Crippen MR) is 68.8 cm³/mol. The molecule has 2 aromatic heterocycles. The van der Waals surface area contributed by atoms with Gasteiger partial charge in [-0.05, 0) is 23.9 Å². The van der Waals surface area contributed by atoms with Crippen molar-refractivity contribution in [3.8, 4) is 0 Å². The monoisotopic (exact) mass is 279 g/mol. The van der Waals surface area contributed by atoms with Gasteiger partial charge in [-0.15, -0.1) is 0 Å². The Morgan fingerprint density at radius 2 is 2.32 bits per heavy atom. The summed E-state index contributed by atoms with van der Waals surface area (Å²) in [4.78, 5) is 20.0. The van der Waals surface area contributed by atoms with Crippen LogP contribution in [-0.4, -0.2) is 32.7 Å². The van der Waals surface area contributed by atoms with E-state index in [1.807, 2.05) is 0 Å². The number of ether oxygens (including phenoxy) is 1. The van der Waals surface area contributed by atoms with Crippen LogP contribution in [0.2, 0.25) is 0 Å². The van der Waals surface area contributed by atoms with Gasteiger partial charge in [0.15, 0.2) is 5.16 Å². The summed E-state index contributed by atoms with van der Waals surface area (Å²) in [6.45, 7) is -0.0872. The van der Waals surface area contributed by atoms with E-state index < -0.39 is 5.97 Å². The number of aliphatic hydroxyl groups excluding tert-OH is 1. The third-order valence-electron chi connectivity index (χ3n) is 2.57. The maximum Gasteiger partial charge on any atom is 0.340 e. The zero-order valence-corrected chi connectivity index (χ0v) is 11.3. The van der Waals surface area contributed by atoms with E-state index in [2.05, 4.69) is 9.97 Å². The van der Waals surface area contributed by atoms with Crippen molar-refractivity contribution in [3.63, 3.8) is 0 Å². The lowest BCUT2D eigenvalue weighted by Crippen LogP contribution is -2.05. The Morgan fingerprint density at radius 1 is 1.53 bits per heavy atom. The molecule has 0 aliphatic carbocycles. The number of imidazole rings is 1. The summed E-state index contributed by atoms with van der Waals surface area (Å²) in [6, 6.07) is 3.32. The zero-order chi connectivity index (χ0) is 13.8. The molecule has 100 valence electrons. The van der Waals surface area contributed by atoms with Gasteiger partial charge in [0.05, 0.1) is 31.2 Å². The summed E-state index contributed by atoms with van der Waals surface area (Å²) in [7, 11) is 3.12. The smallest absolute Gasteiger partial charge is 0.340 e. The largest absolute Gasteiger partial charge is 0.465 e. The molecule has 0 aliphatic heterocycles. The quantitative estimate of drug-likeness (QED) is 0.849. The molecule has 0 saturated heterocycles. The van der Waals surface area contributed by atoms with Gasteiger partial charge >= 0.3 is 5.97 Å². The highest BCUT2D eigenvalue weighted by atomic mass is 32.2. The maximum atomic E-state index is 11.6. The number of hydrogen-bond acceptors (Lipinski definition) is 6. The molecule has 2 heterocycles. The number of hydrogen-bond donors (Lipinski definition) is 1. The molecule has 0 aliphatic rings. The molecule has 0 radical (unpaired) electrons. The predicted octanol–water partition coefficient (Wildman–Crippen LogP) is 1.25. The molecule has 6 nitrogen and oxygen atoms in total. The maximum absolute atomic E-state index is 11.6. The minimum absolute atomic E-state index is 0.0872. The number of rotatable bonds is 4. The Balaban J connectivity index is 2.33. The average Bonchev–Trinajstić information content (AvgIpc) is 2.79. The molecule has 0 atom stereocenters. The summed E-state index contributed by atoms with van der Waals surface area (Å²) in [6.07, 6.45) is 3.19. The molecule has 0 fully saturated rings. The van der Waals surface area contributed by atoms with Crippen LogP contribution in [-0.2, 0) is 18.4 Å². The Hall–Kier alpha value is -1.86. The minimum Gasteiger partial charge on any atom is -0.465 e. The van der Waals surface area contributed by atoms with Crippen LogP contribution < -0.4 is 0 Å². The molecular weight excluding hydrogens is 266 g/mol. The second-order valence-corrected chi connectivity index (χ2v) is 4.65. The Kier molecular flexibility index (Phi) is 4.18. The number of nitrogens with zero attached hydrogens (tertiary/aromatic N) is 3. The van der Waals surface area contributed by atoms with Gasteiger partial charge in [0.2, 0.25) is 0 Å². The van der Waals surface area contributed by atoms with Gasteiger partial charge in [-0.3, -0.25) is 0 Å². The van der Waals surface area contributed by atoms with Gasteiger partial charge in [-0.2, -0.15) is 0 Å². The van der Waals surface area contributed by atoms with Gasteiger partial charge in [0.25, 0.3) is 0 Å². The van der Waals surface area contributed by atoms with Crippen LogP contribution in [0.1, 0.15) is 16.1 Å². The van der Waals surface area contributed by atoms with Gasteiger partial charge < -0.3 is 14.4 Å². The minimum atomic E-state index is -0.438. The van der Waals surface area contributed by atoms with Crippen molar-refractivity contribution in [1.29, 1.82) is 0 Å². The fourth-order valence-electron chi connectivity index (χ4n) is 1.49. The van der Waals surface area contributed by atoms with E-state index in [1.165, 1.54) is 18.9 Å². The standard InChI is InChI=1S/C12H13N3O3S/c1-15-8(7-16)6-14-12(15)19-10-9(11(17)18-2)4-3-5-13-10/h3-6,16H,7H2,1-2H3. The third-order valence-corrected chi connectivity index (χ3v) is 3.65. The summed E-state index contributed by atoms with van der Waals surface area (Å²) >= 11 is 1.25. The van der Waals surface area contributed by atoms with Gasteiger partial charge in [-0.1, -0.05) is 0 Å². The molecule has 0 saturated carbocycles. The van der Waals surface area contributed by atoms with Crippen LogP contribution in [0.25, 0.3) is 0 Å². The van der Waals surface area contributed by atoms with Crippen LogP contribution in [0, 0.1) is 0 Å². The lowest BCUT2D eigenvalue weighted by atomic mass is 10.3. The Bertz CT molecular complexity index is 598. The van der Waals surface area contributed by atoms with Crippen LogP contribution >= 0.6 is 11.8 Å². The number of aromatic nitrogens is 3. The van der Waals surface area contributed by atoms with Gasteiger partial charge in [0.1, 0.15) is 5.03 Å². The highest BCUT2D eigenvalue weighted by molar-refractivity contribution is 7.99. The molecule has 19 heavy (non-hydrogen) atoms. The second-order valence-electron chi connectivity index (χ2n) is 3.70. The lowest BCUT2D eigenvalue weighted by molar-refractivity contribution is 0.0596. The van der Waals surface area contributed by atoms with E-state index in [0.717, 1.165) is 0 Å². The van der Waals surface area contributed by atoms with E-state index >= 15 is 0 Å². The first-order valence-corrected chi connectivity index (χ1v) is 6.31. The highest BCUT2D eigenvalue weighted by Gasteiger charge is 2.16. The van der Waals surface area contributed by atoms with Crippen molar-refractivity contribution >= 4 is 17.7 Å². The van der Waals surface area contributed by atoms with Crippen LogP contribution in [0.15, 0.2) is 34.7 Å². The molecule has 0 aromatic carbocycles. The topological polar surface area (TPSA) is 77.2 Å². The molecule has 2 rings (SSSR count). The van der Waals surface area contributed by atoms with Crippen molar-refractivity contribution in [3.05, 3.63) is 35.8 Å². The number of pyridine rings is 1. The molecular formula is C12H13N3O3S. The van der Waals surface area contributed by atoms with Crippen molar-refractivity contribution in [2.45, 2.75) is 16.8 Å². The summed E-state index contributed by atoms with van der Waals surface area (Å²) in [5, 5.41) is 10.3. The molecule has 0 amide bonds. The van der Waals surface area contributed by atoms with Crippen LogP contribution in [0.4, 0.5) is 0 Å². The normalized spacial score (nSPS) is 10.5. The van der Waals surface area contributed by atoms with Gasteiger partial charge in [0, 0.05) is 13.2 Å². The van der Waals surface area contributed by atoms with Crippen LogP contribution in [0.3, 0.4) is 0 Å². The number of carbonyl (C=O) groups is 1. The van der Waals surface area contributed by atoms with E-state index in [-0.39, 0.29) is 6.61 Å². The fourth-order valence-corrected chi connectivity index (χ4v) is 2.40. The SMILES string of the molecule is COC(=O)c1cccnc1Sc1ncc(CO)n1C. The van der Waals surface area contributed by atoms with Crippen molar-refractivity contribution in [2.75, 3.05) is 7.11 Å². The Labute approximate surface area is 114 Å². The number of methoxy groups -OCH3 is 1. The number of aliphatic hydroxyl groups is 1. The molecule has 7 heteroatoms. The zero-order valence-electron chi connectivity index (χ0n) is 10.5. The van der Waals surface area contributed by atoms with E-state index in [4.69, 9.17) is 9.84 Å². The van der Waals surface area contributed by atoms with E-state index in [1.54, 1.807) is 36.1 Å². The van der Waals surface area contributed by atoms with E-state index in [0.29, 0.717) is 21.4 Å². The molecule has 0 bridgehead atoms. The fraction of sp³-hybridized carbons (Fsp3) is 0.250.